The van der Waals surface area contributed by atoms with Gasteiger partial charge in [-0.25, -0.2) is 4.39 Å². The number of pyridine rings is 1. The van der Waals surface area contributed by atoms with Gasteiger partial charge in [0.25, 0.3) is 6.47 Å². The average Bonchev–Trinajstić information content (AvgIpc) is 3.43. The van der Waals surface area contributed by atoms with E-state index < -0.39 is 5.82 Å². The third kappa shape index (κ3) is 6.72. The van der Waals surface area contributed by atoms with E-state index in [1.54, 1.807) is 30.6 Å². The number of aromatic nitrogens is 2. The average molecular weight is 503 g/mol. The van der Waals surface area contributed by atoms with Gasteiger partial charge in [-0.1, -0.05) is 18.2 Å². The van der Waals surface area contributed by atoms with Gasteiger partial charge in [-0.2, -0.15) is 0 Å². The molecule has 37 heavy (non-hydrogen) atoms. The number of para-hydroxylation sites is 2. The molecule has 0 aliphatic carbocycles. The number of ether oxygens (including phenoxy) is 2. The van der Waals surface area contributed by atoms with Crippen molar-refractivity contribution >= 4 is 23.8 Å². The van der Waals surface area contributed by atoms with Crippen molar-refractivity contribution in [1.29, 1.82) is 0 Å². The maximum absolute atomic E-state index is 14.6. The molecule has 8 nitrogen and oxygen atoms in total. The molecule has 0 bridgehead atoms. The first-order valence-electron chi connectivity index (χ1n) is 11.7. The number of carbonyl (C=O) groups excluding carboxylic acids is 2. The Bertz CT molecular complexity index is 1310. The Hall–Kier alpha value is -4.66. The van der Waals surface area contributed by atoms with Crippen molar-refractivity contribution in [3.8, 4) is 11.4 Å². The van der Waals surface area contributed by atoms with Gasteiger partial charge in [0.1, 0.15) is 17.7 Å². The second-order valence-corrected chi connectivity index (χ2v) is 8.28. The van der Waals surface area contributed by atoms with E-state index in [0.29, 0.717) is 25.3 Å². The van der Waals surface area contributed by atoms with Crippen LogP contribution in [0.3, 0.4) is 0 Å². The number of hydrogen-bond donors (Lipinski definition) is 1. The van der Waals surface area contributed by atoms with Gasteiger partial charge in [-0.15, -0.1) is 0 Å². The minimum Gasteiger partial charge on any atom is -0.487 e. The highest BCUT2D eigenvalue weighted by Gasteiger charge is 2.30. The number of carbonyl (C=O) groups is 2. The van der Waals surface area contributed by atoms with Gasteiger partial charge in [-0.3, -0.25) is 14.6 Å². The molecule has 5 rings (SSSR count). The summed E-state index contributed by atoms with van der Waals surface area (Å²) in [6, 6.07) is 20.3. The highest BCUT2D eigenvalue weighted by molar-refractivity contribution is 5.92. The molecule has 4 aromatic rings. The Balaban J connectivity index is 0.000000747. The van der Waals surface area contributed by atoms with E-state index >= 15 is 0 Å². The summed E-state index contributed by atoms with van der Waals surface area (Å²) >= 11 is 0. The Kier molecular flexibility index (Phi) is 8.49. The van der Waals surface area contributed by atoms with Crippen LogP contribution in [0.2, 0.25) is 0 Å². The fourth-order valence-electron chi connectivity index (χ4n) is 3.90. The van der Waals surface area contributed by atoms with Crippen LogP contribution in [0.4, 0.5) is 15.8 Å². The molecule has 1 N–H and O–H groups in total. The van der Waals surface area contributed by atoms with Gasteiger partial charge < -0.3 is 24.3 Å². The van der Waals surface area contributed by atoms with Gasteiger partial charge in [-0.05, 0) is 48.0 Å². The zero-order chi connectivity index (χ0) is 26.0. The molecule has 1 aliphatic heterocycles. The van der Waals surface area contributed by atoms with Crippen LogP contribution >= 0.6 is 0 Å². The minimum atomic E-state index is -0.527. The third-order valence-corrected chi connectivity index (χ3v) is 5.65. The SMILES string of the molecule is COC=O.O=C(Cc1cccnc1)Nc1ccc(OC2CN(c3ccccc3-n3cccc3)C2)cc1F. The monoisotopic (exact) mass is 502 g/mol. The summed E-state index contributed by atoms with van der Waals surface area (Å²) in [5.74, 6) is -0.381. The number of nitrogens with zero attached hydrogens (tertiary/aromatic N) is 3. The number of halogens is 1. The van der Waals surface area contributed by atoms with Crippen molar-refractivity contribution in [2.75, 3.05) is 30.4 Å². The molecular formula is C28H27FN4O4. The summed E-state index contributed by atoms with van der Waals surface area (Å²) in [7, 11) is 1.31. The number of rotatable bonds is 8. The van der Waals surface area contributed by atoms with E-state index in [0.717, 1.165) is 16.9 Å². The maximum Gasteiger partial charge on any atom is 0.292 e. The Labute approximate surface area is 214 Å². The lowest BCUT2D eigenvalue weighted by Gasteiger charge is -2.41. The molecule has 190 valence electrons. The predicted octanol–water partition coefficient (Wildman–Crippen LogP) is 4.25. The molecule has 2 aromatic carbocycles. The van der Waals surface area contributed by atoms with Gasteiger partial charge >= 0.3 is 0 Å². The van der Waals surface area contributed by atoms with E-state index in [-0.39, 0.29) is 24.1 Å². The van der Waals surface area contributed by atoms with Crippen LogP contribution in [-0.4, -0.2) is 48.2 Å². The summed E-state index contributed by atoms with van der Waals surface area (Å²) in [6.45, 7) is 1.80. The second-order valence-electron chi connectivity index (χ2n) is 8.28. The van der Waals surface area contributed by atoms with Crippen LogP contribution in [0.1, 0.15) is 5.56 Å². The topological polar surface area (TPSA) is 85.7 Å². The van der Waals surface area contributed by atoms with E-state index in [9.17, 15) is 9.18 Å². The Morgan fingerprint density at radius 1 is 1.08 bits per heavy atom. The van der Waals surface area contributed by atoms with E-state index in [2.05, 4.69) is 36.6 Å². The first kappa shape index (κ1) is 25.4. The number of benzene rings is 2. The van der Waals surface area contributed by atoms with Crippen molar-refractivity contribution in [2.45, 2.75) is 12.5 Å². The van der Waals surface area contributed by atoms with E-state index in [4.69, 9.17) is 9.53 Å². The highest BCUT2D eigenvalue weighted by atomic mass is 19.1. The van der Waals surface area contributed by atoms with Crippen LogP contribution in [0.25, 0.3) is 5.69 Å². The van der Waals surface area contributed by atoms with Crippen molar-refractivity contribution in [2.24, 2.45) is 0 Å². The van der Waals surface area contributed by atoms with Gasteiger partial charge in [0, 0.05) is 30.9 Å². The third-order valence-electron chi connectivity index (χ3n) is 5.65. The summed E-state index contributed by atoms with van der Waals surface area (Å²) in [6.07, 6.45) is 7.40. The largest absolute Gasteiger partial charge is 0.487 e. The number of anilines is 2. The summed E-state index contributed by atoms with van der Waals surface area (Å²) in [5.41, 5.74) is 3.14. The number of methoxy groups -OCH3 is 1. The van der Waals surface area contributed by atoms with Gasteiger partial charge in [0.15, 0.2) is 0 Å². The van der Waals surface area contributed by atoms with Crippen LogP contribution in [0, 0.1) is 5.82 Å². The maximum atomic E-state index is 14.6. The van der Waals surface area contributed by atoms with Gasteiger partial charge in [0.05, 0.1) is 43.7 Å². The first-order valence-corrected chi connectivity index (χ1v) is 11.7. The molecule has 0 spiro atoms. The standard InChI is InChI=1S/C26H23FN4O2.C2H4O2/c27-22-15-20(9-10-23(22)29-26(32)14-19-6-5-11-28-16-19)33-21-17-31(18-21)25-8-2-1-7-24(25)30-12-3-4-13-30;1-4-2-3/h1-13,15-16,21H,14,17-18H2,(H,29,32);2H,1H3. The number of hydrogen-bond acceptors (Lipinski definition) is 6. The summed E-state index contributed by atoms with van der Waals surface area (Å²) in [4.78, 5) is 27.4. The lowest BCUT2D eigenvalue weighted by molar-refractivity contribution is -0.126. The zero-order valence-electron chi connectivity index (χ0n) is 20.3. The molecule has 1 aliphatic rings. The molecular weight excluding hydrogens is 475 g/mol. The predicted molar refractivity (Wildman–Crippen MR) is 138 cm³/mol. The van der Waals surface area contributed by atoms with E-state index in [1.165, 1.54) is 19.2 Å². The molecule has 1 saturated heterocycles. The minimum absolute atomic E-state index is 0.0341. The summed E-state index contributed by atoms with van der Waals surface area (Å²) < 4.78 is 26.5. The smallest absolute Gasteiger partial charge is 0.292 e. The molecule has 0 atom stereocenters. The first-order chi connectivity index (χ1) is 18.1. The second kappa shape index (κ2) is 12.3. The van der Waals surface area contributed by atoms with Crippen LogP contribution in [0.5, 0.6) is 5.75 Å². The van der Waals surface area contributed by atoms with Gasteiger partial charge in [0.2, 0.25) is 5.91 Å². The van der Waals surface area contributed by atoms with Crippen molar-refractivity contribution in [1.82, 2.24) is 9.55 Å². The quantitative estimate of drug-likeness (QED) is 0.363. The fraction of sp³-hybridized carbons (Fsp3) is 0.179. The highest BCUT2D eigenvalue weighted by Crippen LogP contribution is 2.30. The molecule has 0 radical (unpaired) electrons. The molecule has 2 aromatic heterocycles. The molecule has 3 heterocycles. The van der Waals surface area contributed by atoms with Crippen molar-refractivity contribution in [3.05, 3.63) is 103 Å². The van der Waals surface area contributed by atoms with E-state index in [1.807, 2.05) is 36.7 Å². The fourth-order valence-corrected chi connectivity index (χ4v) is 3.90. The molecule has 9 heteroatoms. The zero-order valence-corrected chi connectivity index (χ0v) is 20.3. The molecule has 1 amide bonds. The lowest BCUT2D eigenvalue weighted by Crippen LogP contribution is -2.54. The number of nitrogens with one attached hydrogen (secondary N) is 1. The summed E-state index contributed by atoms with van der Waals surface area (Å²) in [5, 5.41) is 2.61. The Morgan fingerprint density at radius 3 is 2.46 bits per heavy atom. The molecule has 0 saturated carbocycles. The molecule has 1 fully saturated rings. The number of amides is 1. The van der Waals surface area contributed by atoms with Crippen LogP contribution in [0.15, 0.2) is 91.5 Å². The van der Waals surface area contributed by atoms with Crippen LogP contribution < -0.4 is 15.0 Å². The molecule has 0 unspecified atom stereocenters. The van der Waals surface area contributed by atoms with Crippen LogP contribution in [-0.2, 0) is 20.7 Å². The lowest BCUT2D eigenvalue weighted by atomic mass is 10.1. The normalized spacial score (nSPS) is 12.5. The van der Waals surface area contributed by atoms with Crippen molar-refractivity contribution < 1.29 is 23.5 Å². The van der Waals surface area contributed by atoms with Crippen molar-refractivity contribution in [3.63, 3.8) is 0 Å². The Morgan fingerprint density at radius 2 is 1.81 bits per heavy atom.